The van der Waals surface area contributed by atoms with E-state index in [1.54, 1.807) is 48.5 Å². The topological polar surface area (TPSA) is 72.9 Å². The maximum atomic E-state index is 12.5. The van der Waals surface area contributed by atoms with Crippen LogP contribution in [0.15, 0.2) is 77.7 Å². The van der Waals surface area contributed by atoms with Crippen molar-refractivity contribution in [3.05, 3.63) is 78.9 Å². The molecule has 1 aliphatic rings. The first kappa shape index (κ1) is 19.1. The van der Waals surface area contributed by atoms with Crippen molar-refractivity contribution in [2.75, 3.05) is 40.7 Å². The van der Waals surface area contributed by atoms with Crippen LogP contribution < -0.4 is 14.5 Å². The summed E-state index contributed by atoms with van der Waals surface area (Å²) in [6.07, 6.45) is 0. The van der Waals surface area contributed by atoms with Crippen molar-refractivity contribution in [1.29, 1.82) is 0 Å². The molecule has 6 nitrogen and oxygen atoms in total. The first-order valence-electron chi connectivity index (χ1n) is 9.40. The number of piperazine rings is 1. The van der Waals surface area contributed by atoms with E-state index >= 15 is 0 Å². The second kappa shape index (κ2) is 8.05. The molecule has 0 amide bonds. The maximum Gasteiger partial charge on any atom is 0.261 e. The minimum Gasteiger partial charge on any atom is -0.508 e. The molecule has 29 heavy (non-hydrogen) atoms. The molecule has 0 aliphatic carbocycles. The van der Waals surface area contributed by atoms with Crippen molar-refractivity contribution in [3.8, 4) is 5.75 Å². The Morgan fingerprint density at radius 2 is 1.34 bits per heavy atom. The third kappa shape index (κ3) is 4.46. The molecule has 0 unspecified atom stereocenters. The molecule has 1 heterocycles. The average molecular weight is 409 g/mol. The molecule has 0 saturated carbocycles. The highest BCUT2D eigenvalue weighted by Crippen LogP contribution is 2.24. The highest BCUT2D eigenvalue weighted by molar-refractivity contribution is 7.92. The Kier molecular flexibility index (Phi) is 5.31. The molecular formula is C22H22N3O3S. The predicted octanol–water partition coefficient (Wildman–Crippen LogP) is 3.32. The summed E-state index contributed by atoms with van der Waals surface area (Å²) >= 11 is 0. The summed E-state index contributed by atoms with van der Waals surface area (Å²) in [5.41, 5.74) is 2.51. The Morgan fingerprint density at radius 3 is 1.86 bits per heavy atom. The summed E-state index contributed by atoms with van der Waals surface area (Å²) < 4.78 is 27.6. The Bertz CT molecular complexity index is 1040. The van der Waals surface area contributed by atoms with E-state index in [0.717, 1.165) is 37.6 Å². The number of phenols is 1. The standard InChI is InChI=1S/C22H22N3O3S/c26-21-10-6-19(7-11-21)24-14-16-25(17-15-24)20-8-12-22(13-9-20)29(27,28)23-18-4-2-1-3-5-18/h1-4,6-13,23,26H,14-17H2. The summed E-state index contributed by atoms with van der Waals surface area (Å²) in [5.74, 6) is 0.266. The number of nitrogens with one attached hydrogen (secondary N) is 1. The van der Waals surface area contributed by atoms with Gasteiger partial charge in [-0.05, 0) is 54.6 Å². The van der Waals surface area contributed by atoms with Crippen LogP contribution in [0.4, 0.5) is 17.1 Å². The third-order valence-corrected chi connectivity index (χ3v) is 6.34. The van der Waals surface area contributed by atoms with Crippen molar-refractivity contribution in [1.82, 2.24) is 0 Å². The van der Waals surface area contributed by atoms with Crippen LogP contribution in [0.2, 0.25) is 0 Å². The van der Waals surface area contributed by atoms with Crippen molar-refractivity contribution in [3.63, 3.8) is 0 Å². The number of anilines is 3. The number of phenolic OH excluding ortho intramolecular Hbond substituents is 1. The van der Waals surface area contributed by atoms with Gasteiger partial charge in [0.05, 0.1) is 10.6 Å². The zero-order chi connectivity index (χ0) is 20.3. The number of sulfonamides is 1. The molecule has 0 spiro atoms. The van der Waals surface area contributed by atoms with Gasteiger partial charge in [0.15, 0.2) is 0 Å². The summed E-state index contributed by atoms with van der Waals surface area (Å²) in [6.45, 7) is 3.39. The molecule has 7 heteroatoms. The van der Waals surface area contributed by atoms with Gasteiger partial charge in [-0.1, -0.05) is 18.2 Å². The zero-order valence-electron chi connectivity index (χ0n) is 15.8. The quantitative estimate of drug-likeness (QED) is 0.678. The van der Waals surface area contributed by atoms with Gasteiger partial charge in [-0.3, -0.25) is 4.72 Å². The molecule has 1 aliphatic heterocycles. The molecule has 1 fully saturated rings. The van der Waals surface area contributed by atoms with Gasteiger partial charge in [0, 0.05) is 43.6 Å². The fraction of sp³-hybridized carbons (Fsp3) is 0.182. The van der Waals surface area contributed by atoms with E-state index in [9.17, 15) is 13.5 Å². The van der Waals surface area contributed by atoms with E-state index in [4.69, 9.17) is 0 Å². The Hall–Kier alpha value is -3.19. The molecule has 0 atom stereocenters. The number of hydrogen-bond donors (Lipinski definition) is 2. The first-order valence-corrected chi connectivity index (χ1v) is 10.9. The van der Waals surface area contributed by atoms with E-state index in [0.29, 0.717) is 5.69 Å². The number of rotatable bonds is 5. The summed E-state index contributed by atoms with van der Waals surface area (Å²) in [6, 6.07) is 23.9. The Balaban J connectivity index is 1.40. The summed E-state index contributed by atoms with van der Waals surface area (Å²) in [4.78, 5) is 4.74. The first-order chi connectivity index (χ1) is 14.0. The zero-order valence-corrected chi connectivity index (χ0v) is 16.6. The second-order valence-corrected chi connectivity index (χ2v) is 8.55. The number of hydrogen-bond acceptors (Lipinski definition) is 5. The monoisotopic (exact) mass is 408 g/mol. The number of nitrogens with zero attached hydrogens (tertiary/aromatic N) is 2. The Morgan fingerprint density at radius 1 is 0.793 bits per heavy atom. The van der Waals surface area contributed by atoms with E-state index in [-0.39, 0.29) is 10.6 Å². The van der Waals surface area contributed by atoms with Crippen molar-refractivity contribution in [2.45, 2.75) is 4.90 Å². The lowest BCUT2D eigenvalue weighted by atomic mass is 10.2. The largest absolute Gasteiger partial charge is 0.508 e. The molecule has 0 aromatic heterocycles. The third-order valence-electron chi connectivity index (χ3n) is 4.96. The van der Waals surface area contributed by atoms with Gasteiger partial charge < -0.3 is 14.9 Å². The molecule has 3 aromatic rings. The molecule has 1 saturated heterocycles. The molecule has 2 N–H and O–H groups in total. The van der Waals surface area contributed by atoms with Crippen molar-refractivity contribution in [2.24, 2.45) is 0 Å². The molecule has 1 radical (unpaired) electrons. The molecule has 3 aromatic carbocycles. The maximum absolute atomic E-state index is 12.5. The summed E-state index contributed by atoms with van der Waals surface area (Å²) in [5, 5.41) is 9.43. The summed E-state index contributed by atoms with van der Waals surface area (Å²) in [7, 11) is -3.64. The van der Waals surface area contributed by atoms with Crippen LogP contribution in [-0.2, 0) is 10.0 Å². The van der Waals surface area contributed by atoms with Gasteiger partial charge in [-0.25, -0.2) is 8.42 Å². The van der Waals surface area contributed by atoms with E-state index < -0.39 is 10.0 Å². The van der Waals surface area contributed by atoms with Gasteiger partial charge in [0.1, 0.15) is 5.75 Å². The van der Waals surface area contributed by atoms with Crippen LogP contribution in [0.25, 0.3) is 0 Å². The number of para-hydroxylation sites is 1. The van der Waals surface area contributed by atoms with E-state index in [2.05, 4.69) is 20.6 Å². The molecule has 4 rings (SSSR count). The van der Waals surface area contributed by atoms with Crippen molar-refractivity contribution >= 4 is 27.1 Å². The van der Waals surface area contributed by atoms with Crippen LogP contribution >= 0.6 is 0 Å². The van der Waals surface area contributed by atoms with Crippen LogP contribution in [0, 0.1) is 6.07 Å². The lowest BCUT2D eigenvalue weighted by molar-refractivity contribution is 0.475. The minimum absolute atomic E-state index is 0.223. The van der Waals surface area contributed by atoms with Crippen LogP contribution in [-0.4, -0.2) is 39.7 Å². The lowest BCUT2D eigenvalue weighted by Gasteiger charge is -2.37. The van der Waals surface area contributed by atoms with Gasteiger partial charge in [-0.2, -0.15) is 0 Å². The minimum atomic E-state index is -3.64. The normalized spacial score (nSPS) is 14.6. The van der Waals surface area contributed by atoms with Gasteiger partial charge in [0.2, 0.25) is 0 Å². The van der Waals surface area contributed by atoms with Crippen LogP contribution in [0.5, 0.6) is 5.75 Å². The SMILES string of the molecule is O=S(=O)(Nc1[c]cccc1)c1ccc(N2CCN(c3ccc(O)cc3)CC2)cc1. The van der Waals surface area contributed by atoms with Gasteiger partial charge >= 0.3 is 0 Å². The van der Waals surface area contributed by atoms with Crippen molar-refractivity contribution < 1.29 is 13.5 Å². The molecule has 149 valence electrons. The molecular weight excluding hydrogens is 386 g/mol. The van der Waals surface area contributed by atoms with E-state index in [1.807, 2.05) is 24.3 Å². The fourth-order valence-electron chi connectivity index (χ4n) is 3.38. The highest BCUT2D eigenvalue weighted by Gasteiger charge is 2.19. The molecule has 0 bridgehead atoms. The lowest BCUT2D eigenvalue weighted by Crippen LogP contribution is -2.46. The van der Waals surface area contributed by atoms with Gasteiger partial charge in [-0.15, -0.1) is 0 Å². The number of benzene rings is 3. The van der Waals surface area contributed by atoms with Crippen LogP contribution in [0.3, 0.4) is 0 Å². The Labute approximate surface area is 171 Å². The smallest absolute Gasteiger partial charge is 0.261 e. The fourth-order valence-corrected chi connectivity index (χ4v) is 4.41. The highest BCUT2D eigenvalue weighted by atomic mass is 32.2. The average Bonchev–Trinajstić information content (AvgIpc) is 2.75. The predicted molar refractivity (Wildman–Crippen MR) is 115 cm³/mol. The second-order valence-electron chi connectivity index (χ2n) is 6.87. The van der Waals surface area contributed by atoms with E-state index in [1.165, 1.54) is 0 Å². The van der Waals surface area contributed by atoms with Crippen LogP contribution in [0.1, 0.15) is 0 Å². The number of aromatic hydroxyl groups is 1. The van der Waals surface area contributed by atoms with Gasteiger partial charge in [0.25, 0.3) is 10.0 Å².